The molecule has 5 nitrogen and oxygen atoms in total. The fourth-order valence-corrected chi connectivity index (χ4v) is 4.34. The SMILES string of the molecule is CCc1ccc(N(CC(=O)OC)S(=O)(=O)c2cc(Cl)ccc2Cl)cc1. The van der Waals surface area contributed by atoms with Gasteiger partial charge in [0, 0.05) is 5.02 Å². The number of esters is 1. The van der Waals surface area contributed by atoms with Crippen molar-refractivity contribution in [2.24, 2.45) is 0 Å². The number of carbonyl (C=O) groups excluding carboxylic acids is 1. The number of carbonyl (C=O) groups is 1. The van der Waals surface area contributed by atoms with Crippen LogP contribution < -0.4 is 4.31 Å². The summed E-state index contributed by atoms with van der Waals surface area (Å²) < 4.78 is 31.8. The number of aryl methyl sites for hydroxylation is 1. The highest BCUT2D eigenvalue weighted by Crippen LogP contribution is 2.30. The highest BCUT2D eigenvalue weighted by molar-refractivity contribution is 7.93. The van der Waals surface area contributed by atoms with Crippen LogP contribution in [0, 0.1) is 0 Å². The van der Waals surface area contributed by atoms with Crippen LogP contribution in [0.5, 0.6) is 0 Å². The van der Waals surface area contributed by atoms with Crippen LogP contribution in [0.3, 0.4) is 0 Å². The summed E-state index contributed by atoms with van der Waals surface area (Å²) in [7, 11) is -2.92. The van der Waals surface area contributed by atoms with Crippen molar-refractivity contribution in [1.82, 2.24) is 0 Å². The summed E-state index contributed by atoms with van der Waals surface area (Å²) in [5.41, 5.74) is 1.37. The van der Waals surface area contributed by atoms with E-state index in [-0.39, 0.29) is 14.9 Å². The van der Waals surface area contributed by atoms with Gasteiger partial charge in [0.2, 0.25) is 0 Å². The Kier molecular flexibility index (Phi) is 6.32. The molecule has 0 aromatic heterocycles. The van der Waals surface area contributed by atoms with Gasteiger partial charge in [0.1, 0.15) is 11.4 Å². The number of benzene rings is 2. The third-order valence-corrected chi connectivity index (χ3v) is 6.08. The molecule has 0 N–H and O–H groups in total. The van der Waals surface area contributed by atoms with Gasteiger partial charge in [-0.2, -0.15) is 0 Å². The zero-order valence-corrected chi connectivity index (χ0v) is 16.0. The van der Waals surface area contributed by atoms with Crippen LogP contribution in [0.4, 0.5) is 5.69 Å². The van der Waals surface area contributed by atoms with Crippen molar-refractivity contribution in [2.75, 3.05) is 18.0 Å². The lowest BCUT2D eigenvalue weighted by molar-refractivity contribution is -0.138. The summed E-state index contributed by atoms with van der Waals surface area (Å²) in [6, 6.07) is 11.0. The van der Waals surface area contributed by atoms with Crippen molar-refractivity contribution in [3.63, 3.8) is 0 Å². The van der Waals surface area contributed by atoms with E-state index in [1.165, 1.54) is 25.3 Å². The van der Waals surface area contributed by atoms with Crippen LogP contribution in [0.15, 0.2) is 47.4 Å². The average Bonchev–Trinajstić information content (AvgIpc) is 2.61. The van der Waals surface area contributed by atoms with Crippen LogP contribution in [0.25, 0.3) is 0 Å². The second kappa shape index (κ2) is 8.08. The van der Waals surface area contributed by atoms with E-state index in [0.717, 1.165) is 16.3 Å². The number of rotatable bonds is 6. The van der Waals surface area contributed by atoms with Crippen molar-refractivity contribution in [1.29, 1.82) is 0 Å². The lowest BCUT2D eigenvalue weighted by atomic mass is 10.1. The van der Waals surface area contributed by atoms with Crippen LogP contribution in [0.1, 0.15) is 12.5 Å². The van der Waals surface area contributed by atoms with Gasteiger partial charge in [-0.15, -0.1) is 0 Å². The molecule has 25 heavy (non-hydrogen) atoms. The van der Waals surface area contributed by atoms with Crippen molar-refractivity contribution in [2.45, 2.75) is 18.2 Å². The van der Waals surface area contributed by atoms with Gasteiger partial charge in [-0.25, -0.2) is 8.42 Å². The van der Waals surface area contributed by atoms with E-state index in [0.29, 0.717) is 5.69 Å². The van der Waals surface area contributed by atoms with Crippen molar-refractivity contribution in [3.8, 4) is 0 Å². The maximum atomic E-state index is 13.1. The Morgan fingerprint density at radius 1 is 1.12 bits per heavy atom. The minimum atomic E-state index is -4.12. The van der Waals surface area contributed by atoms with Crippen LogP contribution >= 0.6 is 23.2 Å². The molecule has 0 aliphatic heterocycles. The van der Waals surface area contributed by atoms with Gasteiger partial charge in [0.25, 0.3) is 10.0 Å². The lowest BCUT2D eigenvalue weighted by Crippen LogP contribution is -2.36. The molecule has 2 aromatic carbocycles. The van der Waals surface area contributed by atoms with E-state index >= 15 is 0 Å². The second-order valence-corrected chi connectivity index (χ2v) is 7.86. The molecule has 0 heterocycles. The third-order valence-electron chi connectivity index (χ3n) is 3.59. The van der Waals surface area contributed by atoms with E-state index in [4.69, 9.17) is 23.2 Å². The minimum Gasteiger partial charge on any atom is -0.468 e. The van der Waals surface area contributed by atoms with Gasteiger partial charge in [0.05, 0.1) is 17.8 Å². The molecule has 8 heteroatoms. The number of ether oxygens (including phenoxy) is 1. The smallest absolute Gasteiger partial charge is 0.326 e. The number of sulfonamides is 1. The molecular weight excluding hydrogens is 385 g/mol. The molecule has 0 fully saturated rings. The zero-order valence-electron chi connectivity index (χ0n) is 13.7. The Hall–Kier alpha value is -1.76. The first-order chi connectivity index (χ1) is 11.8. The van der Waals surface area contributed by atoms with E-state index in [2.05, 4.69) is 4.74 Å². The Labute approximate surface area is 157 Å². The van der Waals surface area contributed by atoms with E-state index < -0.39 is 22.5 Å². The topological polar surface area (TPSA) is 63.7 Å². The average molecular weight is 402 g/mol. The molecule has 0 saturated carbocycles. The zero-order chi connectivity index (χ0) is 18.6. The molecule has 0 unspecified atom stereocenters. The van der Waals surface area contributed by atoms with Gasteiger partial charge < -0.3 is 4.74 Å². The summed E-state index contributed by atoms with van der Waals surface area (Å²) in [6.45, 7) is 1.51. The van der Waals surface area contributed by atoms with Crippen LogP contribution in [0.2, 0.25) is 10.0 Å². The monoisotopic (exact) mass is 401 g/mol. The summed E-state index contributed by atoms with van der Waals surface area (Å²) in [4.78, 5) is 11.6. The van der Waals surface area contributed by atoms with E-state index in [9.17, 15) is 13.2 Å². The second-order valence-electron chi connectivity index (χ2n) is 5.18. The van der Waals surface area contributed by atoms with Gasteiger partial charge in [-0.05, 0) is 42.3 Å². The summed E-state index contributed by atoms with van der Waals surface area (Å²) in [5, 5.41) is 0.242. The van der Waals surface area contributed by atoms with E-state index in [1.54, 1.807) is 24.3 Å². The number of methoxy groups -OCH3 is 1. The first-order valence-corrected chi connectivity index (χ1v) is 9.62. The predicted octanol–water partition coefficient (Wildman–Crippen LogP) is 3.92. The van der Waals surface area contributed by atoms with Crippen molar-refractivity contribution in [3.05, 3.63) is 58.1 Å². The summed E-state index contributed by atoms with van der Waals surface area (Å²) >= 11 is 12.0. The van der Waals surface area contributed by atoms with Crippen molar-refractivity contribution >= 4 is 44.9 Å². The predicted molar refractivity (Wildman–Crippen MR) is 98.8 cm³/mol. The maximum absolute atomic E-state index is 13.1. The van der Waals surface area contributed by atoms with Crippen molar-refractivity contribution < 1.29 is 17.9 Å². The molecule has 0 aliphatic rings. The van der Waals surface area contributed by atoms with Gasteiger partial charge in [0.15, 0.2) is 0 Å². The minimum absolute atomic E-state index is 0.0180. The molecule has 0 spiro atoms. The number of halogens is 2. The summed E-state index contributed by atoms with van der Waals surface area (Å²) in [6.07, 6.45) is 0.810. The molecule has 0 atom stereocenters. The Bertz CT molecular complexity index is 867. The standard InChI is InChI=1S/C17H17Cl2NO4S/c1-3-12-4-7-14(8-5-12)20(11-17(21)24-2)25(22,23)16-10-13(18)6-9-15(16)19/h4-10H,3,11H2,1-2H3. The number of hydrogen-bond acceptors (Lipinski definition) is 4. The molecule has 0 aliphatic carbocycles. The summed E-state index contributed by atoms with van der Waals surface area (Å²) in [5.74, 6) is -0.693. The fraction of sp³-hybridized carbons (Fsp3) is 0.235. The Morgan fingerprint density at radius 2 is 1.76 bits per heavy atom. The number of hydrogen-bond donors (Lipinski definition) is 0. The van der Waals surface area contributed by atoms with Crippen LogP contribution in [-0.2, 0) is 26.0 Å². The Morgan fingerprint density at radius 3 is 2.32 bits per heavy atom. The van der Waals surface area contributed by atoms with Crippen LogP contribution in [-0.4, -0.2) is 28.0 Å². The maximum Gasteiger partial charge on any atom is 0.326 e. The number of nitrogens with zero attached hydrogens (tertiary/aromatic N) is 1. The molecule has 0 saturated heterocycles. The molecule has 2 rings (SSSR count). The molecule has 134 valence electrons. The Balaban J connectivity index is 2.56. The quantitative estimate of drug-likeness (QED) is 0.687. The number of anilines is 1. The first-order valence-electron chi connectivity index (χ1n) is 7.43. The fourth-order valence-electron chi connectivity index (χ4n) is 2.19. The first kappa shape index (κ1) is 19.6. The van der Waals surface area contributed by atoms with Gasteiger partial charge >= 0.3 is 5.97 Å². The third kappa shape index (κ3) is 4.45. The van der Waals surface area contributed by atoms with Gasteiger partial charge in [-0.3, -0.25) is 9.10 Å². The largest absolute Gasteiger partial charge is 0.468 e. The molecule has 2 aromatic rings. The molecule has 0 radical (unpaired) electrons. The van der Waals surface area contributed by atoms with Gasteiger partial charge in [-0.1, -0.05) is 42.3 Å². The highest BCUT2D eigenvalue weighted by atomic mass is 35.5. The van der Waals surface area contributed by atoms with E-state index in [1.807, 2.05) is 6.92 Å². The normalized spacial score (nSPS) is 11.2. The highest BCUT2D eigenvalue weighted by Gasteiger charge is 2.29. The molecule has 0 amide bonds. The lowest BCUT2D eigenvalue weighted by Gasteiger charge is -2.24. The molecule has 0 bridgehead atoms. The molecular formula is C17H17Cl2NO4S.